The van der Waals surface area contributed by atoms with E-state index >= 15 is 0 Å². The zero-order valence-electron chi connectivity index (χ0n) is 8.03. The molecule has 1 aromatic rings. The van der Waals surface area contributed by atoms with Crippen molar-refractivity contribution >= 4 is 0 Å². The van der Waals surface area contributed by atoms with E-state index in [1.54, 1.807) is 0 Å². The molecule has 2 rings (SSSR count). The maximum absolute atomic E-state index is 9.46. The largest absolute Gasteiger partial charge is 0.393 e. The molecule has 1 aliphatic rings. The van der Waals surface area contributed by atoms with Gasteiger partial charge < -0.3 is 5.11 Å². The van der Waals surface area contributed by atoms with Crippen molar-refractivity contribution in [3.05, 3.63) is 35.4 Å². The summed E-state index contributed by atoms with van der Waals surface area (Å²) in [6.45, 7) is 2.14. The van der Waals surface area contributed by atoms with Crippen molar-refractivity contribution in [1.82, 2.24) is 0 Å². The van der Waals surface area contributed by atoms with Crippen LogP contribution in [0.15, 0.2) is 24.3 Å². The molecule has 1 saturated carbocycles. The molecule has 0 saturated heterocycles. The van der Waals surface area contributed by atoms with Crippen LogP contribution in [0, 0.1) is 12.8 Å². The molecule has 0 aromatic heterocycles. The lowest BCUT2D eigenvalue weighted by atomic mass is 9.77. The third kappa shape index (κ3) is 1.75. The number of benzene rings is 1. The molecule has 0 radical (unpaired) electrons. The monoisotopic (exact) mass is 176 g/mol. The standard InChI is InChI=1S/C12H16O/c1-9-4-2-3-5-10(9)8-11-6-7-12(11)13/h2-5,11-13H,6-8H2,1H3. The Balaban J connectivity index is 2.05. The third-order valence-corrected chi connectivity index (χ3v) is 3.12. The second-order valence-corrected chi connectivity index (χ2v) is 4.04. The average molecular weight is 176 g/mol. The normalized spacial score (nSPS) is 26.9. The Bertz CT molecular complexity index is 293. The van der Waals surface area contributed by atoms with E-state index in [0.717, 1.165) is 12.8 Å². The molecule has 0 spiro atoms. The summed E-state index contributed by atoms with van der Waals surface area (Å²) in [6, 6.07) is 8.45. The van der Waals surface area contributed by atoms with Gasteiger partial charge >= 0.3 is 0 Å². The van der Waals surface area contributed by atoms with E-state index in [9.17, 15) is 5.11 Å². The summed E-state index contributed by atoms with van der Waals surface area (Å²) < 4.78 is 0. The van der Waals surface area contributed by atoms with Crippen molar-refractivity contribution in [1.29, 1.82) is 0 Å². The minimum absolute atomic E-state index is 0.0420. The van der Waals surface area contributed by atoms with Crippen LogP contribution in [0.25, 0.3) is 0 Å². The molecule has 70 valence electrons. The van der Waals surface area contributed by atoms with Gasteiger partial charge in [0, 0.05) is 0 Å². The summed E-state index contributed by atoms with van der Waals surface area (Å²) in [6.07, 6.45) is 3.19. The van der Waals surface area contributed by atoms with Gasteiger partial charge in [-0.05, 0) is 43.2 Å². The van der Waals surface area contributed by atoms with Gasteiger partial charge in [0.2, 0.25) is 0 Å². The fraction of sp³-hybridized carbons (Fsp3) is 0.500. The molecule has 0 amide bonds. The van der Waals surface area contributed by atoms with E-state index in [1.165, 1.54) is 17.5 Å². The smallest absolute Gasteiger partial charge is 0.0571 e. The van der Waals surface area contributed by atoms with E-state index in [4.69, 9.17) is 0 Å². The van der Waals surface area contributed by atoms with Gasteiger partial charge in [0.25, 0.3) is 0 Å². The molecule has 1 N–H and O–H groups in total. The molecule has 1 aliphatic carbocycles. The summed E-state index contributed by atoms with van der Waals surface area (Å²) in [5.74, 6) is 0.515. The average Bonchev–Trinajstić information content (AvgIpc) is 2.14. The highest BCUT2D eigenvalue weighted by Crippen LogP contribution is 2.31. The number of aryl methyl sites for hydroxylation is 1. The second kappa shape index (κ2) is 3.51. The highest BCUT2D eigenvalue weighted by molar-refractivity contribution is 5.26. The molecule has 1 aromatic carbocycles. The predicted octanol–water partition coefficient (Wildman–Crippen LogP) is 2.31. The van der Waals surface area contributed by atoms with Gasteiger partial charge in [-0.2, -0.15) is 0 Å². The Morgan fingerprint density at radius 2 is 2.08 bits per heavy atom. The van der Waals surface area contributed by atoms with Crippen molar-refractivity contribution in [2.45, 2.75) is 32.3 Å². The molecule has 2 unspecified atom stereocenters. The fourth-order valence-electron chi connectivity index (χ4n) is 1.91. The first-order valence-corrected chi connectivity index (χ1v) is 5.00. The number of rotatable bonds is 2. The van der Waals surface area contributed by atoms with Gasteiger partial charge in [-0.3, -0.25) is 0 Å². The predicted molar refractivity (Wildman–Crippen MR) is 53.6 cm³/mol. The number of hydrogen-bond acceptors (Lipinski definition) is 1. The number of aliphatic hydroxyl groups excluding tert-OH is 1. The van der Waals surface area contributed by atoms with E-state index in [-0.39, 0.29) is 6.10 Å². The van der Waals surface area contributed by atoms with Gasteiger partial charge in [0.1, 0.15) is 0 Å². The highest BCUT2D eigenvalue weighted by atomic mass is 16.3. The first-order chi connectivity index (χ1) is 6.27. The van der Waals surface area contributed by atoms with E-state index in [2.05, 4.69) is 31.2 Å². The lowest BCUT2D eigenvalue weighted by Gasteiger charge is -2.32. The number of aliphatic hydroxyl groups is 1. The Labute approximate surface area is 79.4 Å². The SMILES string of the molecule is Cc1ccccc1CC1CCC1O. The van der Waals surface area contributed by atoms with Crippen LogP contribution < -0.4 is 0 Å². The quantitative estimate of drug-likeness (QED) is 0.733. The highest BCUT2D eigenvalue weighted by Gasteiger charge is 2.28. The van der Waals surface area contributed by atoms with Crippen molar-refractivity contribution in [3.8, 4) is 0 Å². The fourth-order valence-corrected chi connectivity index (χ4v) is 1.91. The van der Waals surface area contributed by atoms with Crippen LogP contribution >= 0.6 is 0 Å². The molecule has 1 nitrogen and oxygen atoms in total. The lowest BCUT2D eigenvalue weighted by Crippen LogP contribution is -2.32. The maximum atomic E-state index is 9.46. The van der Waals surface area contributed by atoms with Crippen molar-refractivity contribution in [2.24, 2.45) is 5.92 Å². The Kier molecular flexibility index (Phi) is 2.36. The molecular formula is C12H16O. The van der Waals surface area contributed by atoms with Gasteiger partial charge in [0.05, 0.1) is 6.10 Å². The van der Waals surface area contributed by atoms with Crippen LogP contribution in [0.4, 0.5) is 0 Å². The Morgan fingerprint density at radius 1 is 1.31 bits per heavy atom. The zero-order valence-corrected chi connectivity index (χ0v) is 8.03. The molecule has 1 heteroatoms. The van der Waals surface area contributed by atoms with E-state index in [1.807, 2.05) is 0 Å². The molecule has 2 atom stereocenters. The first-order valence-electron chi connectivity index (χ1n) is 5.00. The van der Waals surface area contributed by atoms with Crippen molar-refractivity contribution < 1.29 is 5.11 Å². The van der Waals surface area contributed by atoms with Crippen LogP contribution in [0.2, 0.25) is 0 Å². The van der Waals surface area contributed by atoms with E-state index < -0.39 is 0 Å². The molecular weight excluding hydrogens is 160 g/mol. The van der Waals surface area contributed by atoms with E-state index in [0.29, 0.717) is 5.92 Å². The van der Waals surface area contributed by atoms with Crippen LogP contribution in [0.1, 0.15) is 24.0 Å². The molecule has 1 fully saturated rings. The molecule has 0 heterocycles. The summed E-state index contributed by atoms with van der Waals surface area (Å²) in [5.41, 5.74) is 2.74. The van der Waals surface area contributed by atoms with Crippen LogP contribution in [0.5, 0.6) is 0 Å². The molecule has 0 bridgehead atoms. The first kappa shape index (κ1) is 8.76. The molecule has 13 heavy (non-hydrogen) atoms. The van der Waals surface area contributed by atoms with Crippen molar-refractivity contribution in [3.63, 3.8) is 0 Å². The minimum Gasteiger partial charge on any atom is -0.393 e. The lowest BCUT2D eigenvalue weighted by molar-refractivity contribution is 0.0243. The maximum Gasteiger partial charge on any atom is 0.0571 e. The summed E-state index contributed by atoms with van der Waals surface area (Å²) in [7, 11) is 0. The number of hydrogen-bond donors (Lipinski definition) is 1. The Morgan fingerprint density at radius 3 is 2.62 bits per heavy atom. The summed E-state index contributed by atoms with van der Waals surface area (Å²) >= 11 is 0. The van der Waals surface area contributed by atoms with Gasteiger partial charge in [0.15, 0.2) is 0 Å². The third-order valence-electron chi connectivity index (χ3n) is 3.12. The van der Waals surface area contributed by atoms with Crippen LogP contribution in [0.3, 0.4) is 0 Å². The van der Waals surface area contributed by atoms with Gasteiger partial charge in [-0.25, -0.2) is 0 Å². The van der Waals surface area contributed by atoms with Crippen LogP contribution in [-0.2, 0) is 6.42 Å². The summed E-state index contributed by atoms with van der Waals surface area (Å²) in [4.78, 5) is 0. The van der Waals surface area contributed by atoms with Gasteiger partial charge in [-0.1, -0.05) is 24.3 Å². The Hall–Kier alpha value is -0.820. The topological polar surface area (TPSA) is 20.2 Å². The van der Waals surface area contributed by atoms with Crippen LogP contribution in [-0.4, -0.2) is 11.2 Å². The van der Waals surface area contributed by atoms with Crippen molar-refractivity contribution in [2.75, 3.05) is 0 Å². The minimum atomic E-state index is -0.0420. The van der Waals surface area contributed by atoms with Gasteiger partial charge in [-0.15, -0.1) is 0 Å². The summed E-state index contributed by atoms with van der Waals surface area (Å²) in [5, 5.41) is 9.46. The molecule has 0 aliphatic heterocycles. The zero-order chi connectivity index (χ0) is 9.26. The second-order valence-electron chi connectivity index (χ2n) is 4.04.